The van der Waals surface area contributed by atoms with Crippen molar-refractivity contribution in [3.05, 3.63) is 45.0 Å². The van der Waals surface area contributed by atoms with E-state index in [0.717, 1.165) is 4.88 Å². The second kappa shape index (κ2) is 7.00. The van der Waals surface area contributed by atoms with Crippen molar-refractivity contribution in [1.29, 1.82) is 0 Å². The monoisotopic (exact) mass is 335 g/mol. The summed E-state index contributed by atoms with van der Waals surface area (Å²) in [4.78, 5) is 27.9. The number of nitrogens with zero attached hydrogens (tertiary/aromatic N) is 1. The van der Waals surface area contributed by atoms with Crippen molar-refractivity contribution in [3.8, 4) is 0 Å². The maximum absolute atomic E-state index is 12.7. The van der Waals surface area contributed by atoms with Gasteiger partial charge in [-0.3, -0.25) is 4.79 Å². The van der Waals surface area contributed by atoms with E-state index in [4.69, 9.17) is 4.42 Å². The van der Waals surface area contributed by atoms with Crippen LogP contribution in [0.5, 0.6) is 0 Å². The summed E-state index contributed by atoms with van der Waals surface area (Å²) in [5.41, 5.74) is 0.0616. The Kier molecular flexibility index (Phi) is 5.26. The third-order valence-electron chi connectivity index (χ3n) is 3.58. The number of thiophene rings is 1. The number of carbonyl (C=O) groups excluding carboxylic acids is 1. The van der Waals surface area contributed by atoms with E-state index in [1.807, 2.05) is 32.9 Å². The SMILES string of the molecule is CCc1oc(C(=O)N(Cc2ccc(C)s2)C(C)C)cc1C(=O)O. The van der Waals surface area contributed by atoms with Crippen LogP contribution in [0.1, 0.15) is 57.2 Å². The average molecular weight is 335 g/mol. The van der Waals surface area contributed by atoms with Crippen LogP contribution in [0.4, 0.5) is 0 Å². The first-order valence-corrected chi connectivity index (χ1v) is 8.37. The number of amides is 1. The topological polar surface area (TPSA) is 70.8 Å². The molecule has 0 unspecified atom stereocenters. The number of furan rings is 1. The quantitative estimate of drug-likeness (QED) is 0.867. The van der Waals surface area contributed by atoms with E-state index in [1.165, 1.54) is 10.9 Å². The van der Waals surface area contributed by atoms with Gasteiger partial charge in [0.2, 0.25) is 0 Å². The highest BCUT2D eigenvalue weighted by atomic mass is 32.1. The molecule has 23 heavy (non-hydrogen) atoms. The normalized spacial score (nSPS) is 11.0. The Morgan fingerprint density at radius 1 is 1.35 bits per heavy atom. The van der Waals surface area contributed by atoms with Crippen LogP contribution < -0.4 is 0 Å². The van der Waals surface area contributed by atoms with Gasteiger partial charge in [0.15, 0.2) is 5.76 Å². The number of aromatic carboxylic acids is 1. The number of carbonyl (C=O) groups is 2. The number of carboxylic acids is 1. The molecule has 2 rings (SSSR count). The van der Waals surface area contributed by atoms with Crippen molar-refractivity contribution in [2.24, 2.45) is 0 Å². The first-order chi connectivity index (χ1) is 10.8. The Balaban J connectivity index is 2.29. The summed E-state index contributed by atoms with van der Waals surface area (Å²) in [7, 11) is 0. The minimum atomic E-state index is -1.07. The summed E-state index contributed by atoms with van der Waals surface area (Å²) in [6.45, 7) is 8.17. The molecule has 0 saturated carbocycles. The molecule has 0 aliphatic heterocycles. The van der Waals surface area contributed by atoms with E-state index < -0.39 is 5.97 Å². The highest BCUT2D eigenvalue weighted by molar-refractivity contribution is 7.11. The van der Waals surface area contributed by atoms with Crippen LogP contribution in [0.15, 0.2) is 22.6 Å². The molecule has 1 N–H and O–H groups in total. The molecule has 124 valence electrons. The second-order valence-corrected chi connectivity index (χ2v) is 7.02. The Labute approximate surface area is 139 Å². The molecule has 0 saturated heterocycles. The third kappa shape index (κ3) is 3.82. The minimum Gasteiger partial charge on any atom is -0.478 e. The summed E-state index contributed by atoms with van der Waals surface area (Å²) in [5, 5.41) is 9.19. The largest absolute Gasteiger partial charge is 0.478 e. The lowest BCUT2D eigenvalue weighted by molar-refractivity contribution is 0.0655. The van der Waals surface area contributed by atoms with Crippen LogP contribution in [0.3, 0.4) is 0 Å². The zero-order valence-electron chi connectivity index (χ0n) is 13.8. The summed E-state index contributed by atoms with van der Waals surface area (Å²) in [6.07, 6.45) is 0.431. The molecule has 1 amide bonds. The van der Waals surface area contributed by atoms with Crippen molar-refractivity contribution >= 4 is 23.2 Å². The number of aryl methyl sites for hydroxylation is 2. The molecule has 0 radical (unpaired) electrons. The molecule has 5 nitrogen and oxygen atoms in total. The highest BCUT2D eigenvalue weighted by Gasteiger charge is 2.26. The third-order valence-corrected chi connectivity index (χ3v) is 4.56. The van der Waals surface area contributed by atoms with E-state index in [0.29, 0.717) is 18.7 Å². The van der Waals surface area contributed by atoms with Crippen LogP contribution in [-0.2, 0) is 13.0 Å². The van der Waals surface area contributed by atoms with Crippen LogP contribution in [0.25, 0.3) is 0 Å². The molecule has 0 fully saturated rings. The Morgan fingerprint density at radius 2 is 2.04 bits per heavy atom. The summed E-state index contributed by atoms with van der Waals surface area (Å²) in [6, 6.07) is 5.34. The fourth-order valence-electron chi connectivity index (χ4n) is 2.35. The average Bonchev–Trinajstić information content (AvgIpc) is 3.09. The van der Waals surface area contributed by atoms with Gasteiger partial charge in [-0.1, -0.05) is 6.92 Å². The summed E-state index contributed by atoms with van der Waals surface area (Å²) >= 11 is 1.65. The van der Waals surface area contributed by atoms with Crippen molar-refractivity contribution in [2.75, 3.05) is 0 Å². The maximum atomic E-state index is 12.7. The molecule has 6 heteroatoms. The van der Waals surface area contributed by atoms with Gasteiger partial charge in [-0.25, -0.2) is 4.79 Å². The van der Waals surface area contributed by atoms with Crippen LogP contribution >= 0.6 is 11.3 Å². The lowest BCUT2D eigenvalue weighted by Crippen LogP contribution is -2.36. The van der Waals surface area contributed by atoms with Gasteiger partial charge >= 0.3 is 5.97 Å². The van der Waals surface area contributed by atoms with Gasteiger partial charge in [0.25, 0.3) is 5.91 Å². The van der Waals surface area contributed by atoms with E-state index in [2.05, 4.69) is 0 Å². The standard InChI is InChI=1S/C17H21NO4S/c1-5-14-13(17(20)21)8-15(22-14)16(19)18(10(2)3)9-12-7-6-11(4)23-12/h6-8,10H,5,9H2,1-4H3,(H,20,21). The summed E-state index contributed by atoms with van der Waals surface area (Å²) in [5.74, 6) is -0.944. The Bertz CT molecular complexity index is 714. The van der Waals surface area contributed by atoms with Crippen LogP contribution in [0, 0.1) is 6.92 Å². The van der Waals surface area contributed by atoms with Crippen LogP contribution in [-0.4, -0.2) is 27.9 Å². The van der Waals surface area contributed by atoms with Crippen LogP contribution in [0.2, 0.25) is 0 Å². The molecule has 2 aromatic heterocycles. The van der Waals surface area contributed by atoms with E-state index in [9.17, 15) is 14.7 Å². The van der Waals surface area contributed by atoms with Gasteiger partial charge in [0.05, 0.1) is 6.54 Å². The zero-order chi connectivity index (χ0) is 17.1. The molecule has 0 atom stereocenters. The predicted octanol–water partition coefficient (Wildman–Crippen LogP) is 3.96. The first-order valence-electron chi connectivity index (χ1n) is 7.55. The predicted molar refractivity (Wildman–Crippen MR) is 89.1 cm³/mol. The van der Waals surface area contributed by atoms with E-state index in [1.54, 1.807) is 23.2 Å². The lowest BCUT2D eigenvalue weighted by Gasteiger charge is -2.25. The molecule has 2 aromatic rings. The number of carboxylic acid groups (broad SMARTS) is 1. The molecular formula is C17H21NO4S. The van der Waals surface area contributed by atoms with Gasteiger partial charge in [-0.2, -0.15) is 0 Å². The first kappa shape index (κ1) is 17.3. The fourth-order valence-corrected chi connectivity index (χ4v) is 3.24. The van der Waals surface area contributed by atoms with Gasteiger partial charge < -0.3 is 14.4 Å². The highest BCUT2D eigenvalue weighted by Crippen LogP contribution is 2.22. The number of rotatable bonds is 6. The van der Waals surface area contributed by atoms with Crippen molar-refractivity contribution in [1.82, 2.24) is 4.90 Å². The van der Waals surface area contributed by atoms with Gasteiger partial charge in [0.1, 0.15) is 11.3 Å². The Morgan fingerprint density at radius 3 is 2.48 bits per heavy atom. The lowest BCUT2D eigenvalue weighted by atomic mass is 10.2. The smallest absolute Gasteiger partial charge is 0.339 e. The Hall–Kier alpha value is -2.08. The van der Waals surface area contributed by atoms with Gasteiger partial charge in [0, 0.05) is 28.3 Å². The molecular weight excluding hydrogens is 314 g/mol. The van der Waals surface area contributed by atoms with Gasteiger partial charge in [-0.15, -0.1) is 11.3 Å². The molecule has 2 heterocycles. The molecule has 0 spiro atoms. The molecule has 0 aromatic carbocycles. The van der Waals surface area contributed by atoms with Gasteiger partial charge in [-0.05, 0) is 32.9 Å². The van der Waals surface area contributed by atoms with E-state index in [-0.39, 0.29) is 23.3 Å². The van der Waals surface area contributed by atoms with Crippen molar-refractivity contribution < 1.29 is 19.1 Å². The zero-order valence-corrected chi connectivity index (χ0v) is 14.6. The fraction of sp³-hybridized carbons (Fsp3) is 0.412. The number of hydrogen-bond donors (Lipinski definition) is 1. The molecule has 0 bridgehead atoms. The molecule has 0 aliphatic rings. The number of hydrogen-bond acceptors (Lipinski definition) is 4. The van der Waals surface area contributed by atoms with Crippen molar-refractivity contribution in [2.45, 2.75) is 46.7 Å². The minimum absolute atomic E-state index is 0.0200. The van der Waals surface area contributed by atoms with Crippen molar-refractivity contribution in [3.63, 3.8) is 0 Å². The second-order valence-electron chi connectivity index (χ2n) is 5.65. The summed E-state index contributed by atoms with van der Waals surface area (Å²) < 4.78 is 5.49. The van der Waals surface area contributed by atoms with E-state index >= 15 is 0 Å². The molecule has 0 aliphatic carbocycles. The maximum Gasteiger partial charge on any atom is 0.339 e.